The van der Waals surface area contributed by atoms with E-state index in [1.165, 1.54) is 116 Å². The molecule has 4 heteroatoms. The molecule has 0 aromatic carbocycles. The molecule has 0 aliphatic carbocycles. The monoisotopic (exact) mass is 512 g/mol. The van der Waals surface area contributed by atoms with Crippen molar-refractivity contribution in [2.24, 2.45) is 0 Å². The van der Waals surface area contributed by atoms with Gasteiger partial charge in [0.05, 0.1) is 21.1 Å². The van der Waals surface area contributed by atoms with Crippen molar-refractivity contribution in [2.75, 3.05) is 21.1 Å². The summed E-state index contributed by atoms with van der Waals surface area (Å²) >= 11 is 0. The van der Waals surface area contributed by atoms with Crippen molar-refractivity contribution in [3.8, 4) is 0 Å². The Morgan fingerprint density at radius 1 is 0.571 bits per heavy atom. The van der Waals surface area contributed by atoms with E-state index in [2.05, 4.69) is 26.0 Å². The van der Waals surface area contributed by atoms with E-state index in [0.717, 1.165) is 32.1 Å². The van der Waals surface area contributed by atoms with Gasteiger partial charge < -0.3 is 4.89 Å². The minimum Gasteiger partial charge on any atom is -0.590 e. The summed E-state index contributed by atoms with van der Waals surface area (Å²) in [7, 11) is 3.68. The Morgan fingerprint density at radius 2 is 0.943 bits per heavy atom. The molecule has 0 bridgehead atoms. The van der Waals surface area contributed by atoms with Crippen LogP contribution in [-0.2, 0) is 4.57 Å². The first-order valence-corrected chi connectivity index (χ1v) is 16.6. The third-order valence-corrected chi connectivity index (χ3v) is 9.55. The maximum absolute atomic E-state index is 12.1. The minimum atomic E-state index is -2.42. The van der Waals surface area contributed by atoms with Gasteiger partial charge in [0.15, 0.2) is 0 Å². The average molecular weight is 513 g/mol. The van der Waals surface area contributed by atoms with Crippen LogP contribution in [0.3, 0.4) is 0 Å². The molecule has 0 saturated heterocycles. The Kier molecular flexibility index (Phi) is 22.8. The number of nitrogens with zero attached hydrogens (tertiary/aromatic N) is 1. The molecule has 0 fully saturated rings. The summed E-state index contributed by atoms with van der Waals surface area (Å²) in [5.41, 5.74) is 0. The van der Waals surface area contributed by atoms with Crippen LogP contribution in [0.4, 0.5) is 0 Å². The van der Waals surface area contributed by atoms with E-state index in [4.69, 9.17) is 0 Å². The Morgan fingerprint density at radius 3 is 1.29 bits per heavy atom. The van der Waals surface area contributed by atoms with Gasteiger partial charge in [-0.25, -0.2) is 0 Å². The zero-order valence-electron chi connectivity index (χ0n) is 24.6. The number of quaternary nitrogens is 1. The molecule has 0 aliphatic rings. The van der Waals surface area contributed by atoms with Gasteiger partial charge in [-0.05, 0) is 38.5 Å². The van der Waals surface area contributed by atoms with E-state index in [1.54, 1.807) is 0 Å². The molecule has 0 heterocycles. The van der Waals surface area contributed by atoms with Crippen molar-refractivity contribution < 1.29 is 13.9 Å². The highest BCUT2D eigenvalue weighted by Gasteiger charge is 2.53. The van der Waals surface area contributed by atoms with Crippen LogP contribution in [-0.4, -0.2) is 30.9 Å². The van der Waals surface area contributed by atoms with Gasteiger partial charge in [-0.1, -0.05) is 127 Å². The summed E-state index contributed by atoms with van der Waals surface area (Å²) < 4.78 is 12.6. The second-order valence-electron chi connectivity index (χ2n) is 11.8. The predicted octanol–water partition coefficient (Wildman–Crippen LogP) is 10.1. The van der Waals surface area contributed by atoms with E-state index in [9.17, 15) is 9.46 Å². The number of hydrogen-bond donors (Lipinski definition) is 0. The molecule has 35 heavy (non-hydrogen) atoms. The summed E-state index contributed by atoms with van der Waals surface area (Å²) in [6.07, 6.45) is 34.1. The van der Waals surface area contributed by atoms with Crippen LogP contribution in [0.25, 0.3) is 0 Å². The van der Waals surface area contributed by atoms with Crippen LogP contribution < -0.4 is 4.89 Å². The lowest BCUT2D eigenvalue weighted by Crippen LogP contribution is -2.55. The van der Waals surface area contributed by atoms with Gasteiger partial charge in [0.1, 0.15) is 0 Å². The van der Waals surface area contributed by atoms with Crippen molar-refractivity contribution in [3.05, 3.63) is 12.2 Å². The molecule has 0 spiro atoms. The molecule has 0 aliphatic heterocycles. The third-order valence-electron chi connectivity index (χ3n) is 7.83. The van der Waals surface area contributed by atoms with Crippen molar-refractivity contribution in [3.63, 3.8) is 0 Å². The van der Waals surface area contributed by atoms with Crippen molar-refractivity contribution >= 4 is 8.03 Å². The molecule has 0 rings (SSSR count). The average Bonchev–Trinajstić information content (AvgIpc) is 2.80. The Balaban J connectivity index is 3.55. The first-order valence-electron chi connectivity index (χ1n) is 15.4. The van der Waals surface area contributed by atoms with Gasteiger partial charge in [0, 0.05) is 12.8 Å². The molecule has 0 saturated carbocycles. The lowest BCUT2D eigenvalue weighted by molar-refractivity contribution is -0.910. The van der Waals surface area contributed by atoms with E-state index >= 15 is 0 Å². The fourth-order valence-corrected chi connectivity index (χ4v) is 6.58. The molecule has 208 valence electrons. The Bertz CT molecular complexity index is 515. The lowest BCUT2D eigenvalue weighted by atomic mass is 9.99. The zero-order chi connectivity index (χ0) is 26.3. The van der Waals surface area contributed by atoms with Crippen molar-refractivity contribution in [2.45, 2.75) is 167 Å². The molecule has 2 atom stereocenters. The number of hydrogen-bond acceptors (Lipinski definition) is 2. The Hall–Kier alpha value is -0.240. The van der Waals surface area contributed by atoms with Crippen molar-refractivity contribution in [1.82, 2.24) is 0 Å². The normalized spacial score (nSPS) is 14.5. The quantitative estimate of drug-likeness (QED) is 0.0500. The maximum Gasteiger partial charge on any atom is 0.376 e. The highest BCUT2D eigenvalue weighted by Crippen LogP contribution is 2.45. The highest BCUT2D eigenvalue weighted by molar-refractivity contribution is 7.38. The van der Waals surface area contributed by atoms with Gasteiger partial charge in [0.25, 0.3) is 5.28 Å². The number of allylic oxidation sites excluding steroid dienone is 2. The van der Waals surface area contributed by atoms with Crippen LogP contribution in [0.1, 0.15) is 162 Å². The molecule has 0 amide bonds. The van der Waals surface area contributed by atoms with Gasteiger partial charge in [-0.15, -0.1) is 0 Å². The second kappa shape index (κ2) is 22.9. The summed E-state index contributed by atoms with van der Waals surface area (Å²) in [6, 6.07) is 0. The van der Waals surface area contributed by atoms with Gasteiger partial charge in [0.2, 0.25) is 0 Å². The van der Waals surface area contributed by atoms with E-state index in [-0.39, 0.29) is 0 Å². The van der Waals surface area contributed by atoms with Gasteiger partial charge >= 0.3 is 8.03 Å². The van der Waals surface area contributed by atoms with E-state index in [0.29, 0.717) is 4.48 Å². The molecule has 0 N–H and O–H groups in total. The molecule has 0 radical (unpaired) electrons. The third kappa shape index (κ3) is 17.8. The summed E-state index contributed by atoms with van der Waals surface area (Å²) in [4.78, 5) is 12.1. The molecule has 2 unspecified atom stereocenters. The van der Waals surface area contributed by atoms with Crippen LogP contribution in [0, 0.1) is 0 Å². The molecular formula is C31H63NO2P+. The second-order valence-corrected chi connectivity index (χ2v) is 13.2. The fraction of sp³-hybridized carbons (Fsp3) is 0.935. The summed E-state index contributed by atoms with van der Waals surface area (Å²) in [5, 5.41) is -0.593. The SMILES string of the molecule is CCCCCCCCCCCCCC=CCCCCCCCCCC(CCC)([P+](=O)[O-])[N+](C)(C)C. The molecule has 0 aromatic rings. The molecular weight excluding hydrogens is 449 g/mol. The van der Waals surface area contributed by atoms with Gasteiger partial charge in [-0.3, -0.25) is 4.48 Å². The Labute approximate surface area is 222 Å². The summed E-state index contributed by atoms with van der Waals surface area (Å²) in [6.45, 7) is 4.38. The van der Waals surface area contributed by atoms with Gasteiger partial charge in [-0.2, -0.15) is 0 Å². The number of rotatable bonds is 26. The van der Waals surface area contributed by atoms with Crippen molar-refractivity contribution in [1.29, 1.82) is 0 Å². The van der Waals surface area contributed by atoms with Crippen LogP contribution in [0.2, 0.25) is 0 Å². The zero-order valence-corrected chi connectivity index (χ0v) is 25.5. The first kappa shape index (κ1) is 34.8. The van der Waals surface area contributed by atoms with Crippen LogP contribution in [0.5, 0.6) is 0 Å². The molecule has 0 aromatic heterocycles. The highest BCUT2D eigenvalue weighted by atomic mass is 31.1. The largest absolute Gasteiger partial charge is 0.590 e. The number of unbranched alkanes of at least 4 members (excludes halogenated alkanes) is 18. The topological polar surface area (TPSA) is 40.1 Å². The van der Waals surface area contributed by atoms with E-state index in [1.807, 2.05) is 21.1 Å². The standard InChI is InChI=1S/C31H63NO2P/c1-6-8-9-10-11-12-13-14-15-16-17-18-19-20-21-22-23-24-25-26-27-28-30-31(29-7-2,35(33)34)32(3,4)5/h19-20H,6-18,21-30H2,1-5H3/q+1. The van der Waals surface area contributed by atoms with Crippen LogP contribution >= 0.6 is 8.03 Å². The smallest absolute Gasteiger partial charge is 0.376 e. The van der Waals surface area contributed by atoms with Crippen LogP contribution in [0.15, 0.2) is 12.2 Å². The summed E-state index contributed by atoms with van der Waals surface area (Å²) in [5.74, 6) is 0. The lowest BCUT2D eigenvalue weighted by Gasteiger charge is -2.39. The minimum absolute atomic E-state index is 0.520. The molecule has 3 nitrogen and oxygen atoms in total. The maximum atomic E-state index is 12.1. The fourth-order valence-electron chi connectivity index (χ4n) is 5.34. The predicted molar refractivity (Wildman–Crippen MR) is 155 cm³/mol. The van der Waals surface area contributed by atoms with E-state index < -0.39 is 13.3 Å². The first-order chi connectivity index (χ1) is 16.8.